The minimum atomic E-state index is 0.0171. The summed E-state index contributed by atoms with van der Waals surface area (Å²) in [5.74, 6) is 0. The van der Waals surface area contributed by atoms with Gasteiger partial charge in [-0.15, -0.1) is 0 Å². The summed E-state index contributed by atoms with van der Waals surface area (Å²) in [6, 6.07) is 10.0. The first-order valence-electron chi connectivity index (χ1n) is 8.15. The Morgan fingerprint density at radius 2 is 1.92 bits per heavy atom. The molecule has 6 heteroatoms. The number of nitrogens with zero attached hydrogens (tertiary/aromatic N) is 3. The first-order chi connectivity index (χ1) is 11.6. The van der Waals surface area contributed by atoms with Gasteiger partial charge in [0.1, 0.15) is 4.83 Å². The van der Waals surface area contributed by atoms with Crippen molar-refractivity contribution in [3.63, 3.8) is 0 Å². The highest BCUT2D eigenvalue weighted by molar-refractivity contribution is 7.97. The summed E-state index contributed by atoms with van der Waals surface area (Å²) in [5, 5.41) is 0.694. The third-order valence-corrected chi connectivity index (χ3v) is 6.59. The number of benzene rings is 1. The van der Waals surface area contributed by atoms with Crippen molar-refractivity contribution in [3.05, 3.63) is 51.9 Å². The second-order valence-electron chi connectivity index (χ2n) is 6.17. The van der Waals surface area contributed by atoms with Gasteiger partial charge in [-0.3, -0.25) is 4.79 Å². The Labute approximate surface area is 149 Å². The van der Waals surface area contributed by atoms with E-state index in [-0.39, 0.29) is 5.56 Å². The van der Waals surface area contributed by atoms with Crippen LogP contribution in [0.5, 0.6) is 0 Å². The van der Waals surface area contributed by atoms with Crippen LogP contribution >= 0.6 is 23.5 Å². The molecule has 0 N–H and O–H groups in total. The van der Waals surface area contributed by atoms with Gasteiger partial charge in [-0.05, 0) is 80.0 Å². The number of aryl methyl sites for hydroxylation is 2. The van der Waals surface area contributed by atoms with E-state index in [0.29, 0.717) is 5.39 Å². The summed E-state index contributed by atoms with van der Waals surface area (Å²) in [6.07, 6.45) is 2.54. The van der Waals surface area contributed by atoms with E-state index < -0.39 is 0 Å². The molecule has 0 radical (unpaired) electrons. The zero-order valence-electron chi connectivity index (χ0n) is 13.8. The molecule has 0 saturated carbocycles. The van der Waals surface area contributed by atoms with Crippen LogP contribution in [-0.2, 0) is 0 Å². The third-order valence-electron chi connectivity index (χ3n) is 4.29. The van der Waals surface area contributed by atoms with E-state index in [4.69, 9.17) is 0 Å². The van der Waals surface area contributed by atoms with Crippen molar-refractivity contribution in [1.82, 2.24) is 13.2 Å². The van der Waals surface area contributed by atoms with Gasteiger partial charge >= 0.3 is 0 Å². The number of aromatic nitrogens is 2. The van der Waals surface area contributed by atoms with Crippen molar-refractivity contribution >= 4 is 33.7 Å². The lowest BCUT2D eigenvalue weighted by atomic mass is 10.2. The van der Waals surface area contributed by atoms with E-state index in [9.17, 15) is 4.79 Å². The third kappa shape index (κ3) is 2.90. The predicted octanol–water partition coefficient (Wildman–Crippen LogP) is 4.17. The number of rotatable bonds is 3. The van der Waals surface area contributed by atoms with E-state index in [2.05, 4.69) is 28.3 Å². The van der Waals surface area contributed by atoms with Gasteiger partial charge in [0.25, 0.3) is 5.56 Å². The molecule has 1 saturated heterocycles. The summed E-state index contributed by atoms with van der Waals surface area (Å²) >= 11 is 3.23. The lowest BCUT2D eigenvalue weighted by Crippen LogP contribution is -2.12. The van der Waals surface area contributed by atoms with Gasteiger partial charge in [0.2, 0.25) is 0 Å². The molecule has 0 spiro atoms. The number of pyridine rings is 1. The standard InChI is InChI=1S/C18H19N3OS2/c1-12-5-7-14(11-16(12)23-20-9-3-4-10-20)21-18(22)15-8-6-13(2)19-17(15)24-21/h5-8,11H,3-4,9-10H2,1-2H3. The first-order valence-corrected chi connectivity index (χ1v) is 9.70. The molecule has 1 aromatic carbocycles. The van der Waals surface area contributed by atoms with Gasteiger partial charge in [-0.2, -0.15) is 0 Å². The van der Waals surface area contributed by atoms with Crippen molar-refractivity contribution in [2.45, 2.75) is 31.6 Å². The Morgan fingerprint density at radius 3 is 2.71 bits per heavy atom. The zero-order chi connectivity index (χ0) is 16.7. The monoisotopic (exact) mass is 357 g/mol. The molecule has 124 valence electrons. The molecule has 4 rings (SSSR count). The number of fused-ring (bicyclic) bond motifs is 1. The van der Waals surface area contributed by atoms with Crippen LogP contribution in [0.3, 0.4) is 0 Å². The fraction of sp³-hybridized carbons (Fsp3) is 0.333. The van der Waals surface area contributed by atoms with Crippen molar-refractivity contribution < 1.29 is 0 Å². The van der Waals surface area contributed by atoms with Crippen molar-refractivity contribution in [1.29, 1.82) is 0 Å². The average Bonchev–Trinajstić information content (AvgIpc) is 3.18. The van der Waals surface area contributed by atoms with Crippen LogP contribution < -0.4 is 5.56 Å². The summed E-state index contributed by atoms with van der Waals surface area (Å²) in [7, 11) is 0. The minimum absolute atomic E-state index is 0.0171. The molecular weight excluding hydrogens is 338 g/mol. The molecule has 0 unspecified atom stereocenters. The van der Waals surface area contributed by atoms with Crippen LogP contribution in [-0.4, -0.2) is 26.3 Å². The lowest BCUT2D eigenvalue weighted by Gasteiger charge is -2.15. The Hall–Kier alpha value is -1.63. The molecular formula is C18H19N3OS2. The molecule has 3 aromatic rings. The maximum atomic E-state index is 12.7. The van der Waals surface area contributed by atoms with Crippen LogP contribution in [0.15, 0.2) is 40.0 Å². The molecule has 0 bridgehead atoms. The minimum Gasteiger partial charge on any atom is -0.267 e. The van der Waals surface area contributed by atoms with Crippen LogP contribution in [0.1, 0.15) is 24.1 Å². The van der Waals surface area contributed by atoms with E-state index in [1.807, 2.05) is 37.1 Å². The smallest absolute Gasteiger partial charge is 0.267 e. The molecule has 2 aromatic heterocycles. The van der Waals surface area contributed by atoms with E-state index in [0.717, 1.165) is 29.3 Å². The van der Waals surface area contributed by atoms with Crippen LogP contribution in [0, 0.1) is 13.8 Å². The van der Waals surface area contributed by atoms with Gasteiger partial charge in [0.15, 0.2) is 0 Å². The highest BCUT2D eigenvalue weighted by atomic mass is 32.2. The second kappa shape index (κ2) is 6.35. The van der Waals surface area contributed by atoms with Crippen molar-refractivity contribution in [2.75, 3.05) is 13.1 Å². The number of hydrogen-bond donors (Lipinski definition) is 0. The molecule has 0 amide bonds. The molecule has 0 aliphatic carbocycles. The maximum absolute atomic E-state index is 12.7. The van der Waals surface area contributed by atoms with Gasteiger partial charge in [0.05, 0.1) is 11.1 Å². The van der Waals surface area contributed by atoms with Crippen LogP contribution in [0.4, 0.5) is 0 Å². The van der Waals surface area contributed by atoms with Crippen molar-refractivity contribution in [2.24, 2.45) is 0 Å². The first kappa shape index (κ1) is 15.9. The van der Waals surface area contributed by atoms with Gasteiger partial charge in [-0.25, -0.2) is 13.2 Å². The van der Waals surface area contributed by atoms with Gasteiger partial charge < -0.3 is 0 Å². The Balaban J connectivity index is 1.76. The topological polar surface area (TPSA) is 38.1 Å². The summed E-state index contributed by atoms with van der Waals surface area (Å²) < 4.78 is 4.16. The Bertz CT molecular complexity index is 955. The van der Waals surface area contributed by atoms with E-state index in [1.54, 1.807) is 3.96 Å². The van der Waals surface area contributed by atoms with Crippen LogP contribution in [0.2, 0.25) is 0 Å². The molecule has 4 nitrogen and oxygen atoms in total. The highest BCUT2D eigenvalue weighted by Gasteiger charge is 2.16. The molecule has 3 heterocycles. The summed E-state index contributed by atoms with van der Waals surface area (Å²) in [4.78, 5) is 19.2. The molecule has 0 atom stereocenters. The predicted molar refractivity (Wildman–Crippen MR) is 101 cm³/mol. The second-order valence-corrected chi connectivity index (χ2v) is 8.25. The maximum Gasteiger partial charge on any atom is 0.274 e. The molecule has 1 aliphatic rings. The SMILES string of the molecule is Cc1ccc2c(=O)n(-c3ccc(C)c(SN4CCCC4)c3)sc2n1. The fourth-order valence-electron chi connectivity index (χ4n) is 2.90. The van der Waals surface area contributed by atoms with Crippen molar-refractivity contribution in [3.8, 4) is 5.69 Å². The molecule has 1 fully saturated rings. The summed E-state index contributed by atoms with van der Waals surface area (Å²) in [5.41, 5.74) is 3.13. The number of hydrogen-bond acceptors (Lipinski definition) is 5. The Morgan fingerprint density at radius 1 is 1.12 bits per heavy atom. The molecule has 24 heavy (non-hydrogen) atoms. The zero-order valence-corrected chi connectivity index (χ0v) is 15.4. The average molecular weight is 358 g/mol. The van der Waals surface area contributed by atoms with Gasteiger partial charge in [-0.1, -0.05) is 6.07 Å². The lowest BCUT2D eigenvalue weighted by molar-refractivity contribution is 0.586. The van der Waals surface area contributed by atoms with E-state index in [1.165, 1.54) is 34.8 Å². The largest absolute Gasteiger partial charge is 0.274 e. The van der Waals surface area contributed by atoms with Gasteiger partial charge in [0, 0.05) is 23.7 Å². The normalized spacial score (nSPS) is 15.4. The Kier molecular flexibility index (Phi) is 4.20. The fourth-order valence-corrected chi connectivity index (χ4v) is 5.02. The molecule has 1 aliphatic heterocycles. The summed E-state index contributed by atoms with van der Waals surface area (Å²) in [6.45, 7) is 6.35. The highest BCUT2D eigenvalue weighted by Crippen LogP contribution is 2.31. The quantitative estimate of drug-likeness (QED) is 0.660. The van der Waals surface area contributed by atoms with Crippen LogP contribution in [0.25, 0.3) is 15.9 Å². The van der Waals surface area contributed by atoms with E-state index >= 15 is 0 Å².